The first kappa shape index (κ1) is 21.8. The molecule has 1 fully saturated rings. The molecule has 0 saturated carbocycles. The summed E-state index contributed by atoms with van der Waals surface area (Å²) in [5.41, 5.74) is 4.26. The molecule has 0 unspecified atom stereocenters. The molecule has 3 aromatic heterocycles. The first-order chi connectivity index (χ1) is 16.6. The fourth-order valence-electron chi connectivity index (χ4n) is 4.16. The van der Waals surface area contributed by atoms with E-state index in [-0.39, 0.29) is 0 Å². The smallest absolute Gasteiger partial charge is 0.228 e. The van der Waals surface area contributed by atoms with Gasteiger partial charge in [-0.25, -0.2) is 4.98 Å². The van der Waals surface area contributed by atoms with E-state index in [1.165, 1.54) is 0 Å². The highest BCUT2D eigenvalue weighted by atomic mass is 16.5. The molecule has 4 aromatic rings. The number of pyridine rings is 1. The molecule has 1 saturated heterocycles. The van der Waals surface area contributed by atoms with Gasteiger partial charge in [-0.15, -0.1) is 0 Å². The van der Waals surface area contributed by atoms with Crippen molar-refractivity contribution in [1.29, 1.82) is 0 Å². The molecule has 1 aliphatic rings. The third-order valence-electron chi connectivity index (χ3n) is 5.83. The number of β-amino-alcohol motifs (C(OH)–C–C–N with tert-alkyl or cyclic N) is 1. The molecule has 2 N–H and O–H groups in total. The summed E-state index contributed by atoms with van der Waals surface area (Å²) in [6.45, 7) is 1.28. The molecule has 9 nitrogen and oxygen atoms in total. The molecule has 4 heterocycles. The molecule has 1 atom stereocenters. The van der Waals surface area contributed by atoms with E-state index in [0.717, 1.165) is 41.9 Å². The van der Waals surface area contributed by atoms with Crippen molar-refractivity contribution in [1.82, 2.24) is 24.7 Å². The van der Waals surface area contributed by atoms with Crippen LogP contribution in [0.1, 0.15) is 12.8 Å². The molecular weight excluding hydrogens is 430 g/mol. The van der Waals surface area contributed by atoms with Crippen LogP contribution in [0, 0.1) is 0 Å². The second kappa shape index (κ2) is 9.48. The van der Waals surface area contributed by atoms with Crippen molar-refractivity contribution in [3.63, 3.8) is 0 Å². The van der Waals surface area contributed by atoms with Gasteiger partial charge in [-0.05, 0) is 37.1 Å². The number of aliphatic hydroxyl groups excluding tert-OH is 1. The van der Waals surface area contributed by atoms with Crippen molar-refractivity contribution in [2.24, 2.45) is 7.05 Å². The fraction of sp³-hybridized carbons (Fsp3) is 0.280. The minimum Gasteiger partial charge on any atom is -0.491 e. The van der Waals surface area contributed by atoms with Crippen LogP contribution in [0.25, 0.3) is 22.5 Å². The molecule has 1 aliphatic heterocycles. The van der Waals surface area contributed by atoms with Gasteiger partial charge in [0.2, 0.25) is 5.95 Å². The van der Waals surface area contributed by atoms with Gasteiger partial charge in [0.1, 0.15) is 5.69 Å². The Morgan fingerprint density at radius 1 is 1.09 bits per heavy atom. The van der Waals surface area contributed by atoms with Gasteiger partial charge in [0.15, 0.2) is 11.6 Å². The number of nitrogens with one attached hydrogen (secondary N) is 1. The summed E-state index contributed by atoms with van der Waals surface area (Å²) in [5.74, 6) is 1.64. The monoisotopic (exact) mass is 457 g/mol. The number of rotatable bonds is 6. The summed E-state index contributed by atoms with van der Waals surface area (Å²) in [6, 6.07) is 13.8. The van der Waals surface area contributed by atoms with Gasteiger partial charge in [-0.3, -0.25) is 9.67 Å². The maximum Gasteiger partial charge on any atom is 0.228 e. The predicted octanol–water partition coefficient (Wildman–Crippen LogP) is 3.65. The Hall–Kier alpha value is -3.98. The zero-order chi connectivity index (χ0) is 23.5. The average molecular weight is 458 g/mol. The van der Waals surface area contributed by atoms with Gasteiger partial charge >= 0.3 is 0 Å². The van der Waals surface area contributed by atoms with Crippen LogP contribution in [0.2, 0.25) is 0 Å². The van der Waals surface area contributed by atoms with E-state index in [4.69, 9.17) is 14.7 Å². The third-order valence-corrected chi connectivity index (χ3v) is 5.83. The van der Waals surface area contributed by atoms with E-state index < -0.39 is 6.10 Å². The minimum atomic E-state index is -0.396. The highest BCUT2D eigenvalue weighted by Crippen LogP contribution is 2.38. The van der Waals surface area contributed by atoms with Crippen molar-refractivity contribution < 1.29 is 9.84 Å². The maximum atomic E-state index is 10.2. The lowest BCUT2D eigenvalue weighted by atomic mass is 10.0. The first-order valence-corrected chi connectivity index (χ1v) is 11.3. The van der Waals surface area contributed by atoms with Crippen LogP contribution < -0.4 is 15.0 Å². The van der Waals surface area contributed by atoms with Crippen LogP contribution >= 0.6 is 0 Å². The maximum absolute atomic E-state index is 10.2. The van der Waals surface area contributed by atoms with E-state index in [9.17, 15) is 5.11 Å². The second-order valence-corrected chi connectivity index (χ2v) is 8.31. The van der Waals surface area contributed by atoms with E-state index in [0.29, 0.717) is 29.8 Å². The van der Waals surface area contributed by atoms with Gasteiger partial charge < -0.3 is 20.1 Å². The zero-order valence-corrected chi connectivity index (χ0v) is 19.2. The van der Waals surface area contributed by atoms with Crippen molar-refractivity contribution in [3.05, 3.63) is 61.1 Å². The zero-order valence-electron chi connectivity index (χ0n) is 19.2. The molecule has 174 valence electrons. The number of piperidine rings is 1. The molecule has 5 rings (SSSR count). The summed E-state index contributed by atoms with van der Waals surface area (Å²) >= 11 is 0. The Kier molecular flexibility index (Phi) is 6.09. The Morgan fingerprint density at radius 3 is 2.65 bits per heavy atom. The summed E-state index contributed by atoms with van der Waals surface area (Å²) in [7, 11) is 3.52. The molecule has 0 spiro atoms. The van der Waals surface area contributed by atoms with E-state index in [1.54, 1.807) is 24.2 Å². The molecule has 9 heteroatoms. The first-order valence-electron chi connectivity index (χ1n) is 11.3. The van der Waals surface area contributed by atoms with Crippen molar-refractivity contribution in [2.45, 2.75) is 18.9 Å². The number of aliphatic hydroxyl groups is 1. The molecule has 0 amide bonds. The molecule has 1 aromatic carbocycles. The number of hydrogen-bond donors (Lipinski definition) is 2. The van der Waals surface area contributed by atoms with Gasteiger partial charge in [0.25, 0.3) is 0 Å². The Balaban J connectivity index is 1.63. The summed E-state index contributed by atoms with van der Waals surface area (Å²) in [6.07, 6.45) is 6.63. The summed E-state index contributed by atoms with van der Waals surface area (Å²) in [4.78, 5) is 15.8. The highest BCUT2D eigenvalue weighted by Gasteiger charge is 2.24. The Morgan fingerprint density at radius 2 is 1.91 bits per heavy atom. The largest absolute Gasteiger partial charge is 0.491 e. The van der Waals surface area contributed by atoms with Crippen LogP contribution in [0.3, 0.4) is 0 Å². The minimum absolute atomic E-state index is 0.396. The van der Waals surface area contributed by atoms with Crippen LogP contribution in [0.15, 0.2) is 61.1 Å². The van der Waals surface area contributed by atoms with E-state index in [2.05, 4.69) is 21.5 Å². The Bertz CT molecular complexity index is 1280. The van der Waals surface area contributed by atoms with Crippen molar-refractivity contribution >= 4 is 17.5 Å². The quantitative estimate of drug-likeness (QED) is 0.452. The number of aromatic nitrogens is 5. The molecular formula is C25H27N7O2. The van der Waals surface area contributed by atoms with Gasteiger partial charge in [0, 0.05) is 55.5 Å². The third kappa shape index (κ3) is 4.55. The number of anilines is 3. The second-order valence-electron chi connectivity index (χ2n) is 8.31. The number of benzene rings is 1. The molecule has 0 bridgehead atoms. The van der Waals surface area contributed by atoms with Crippen molar-refractivity contribution in [3.8, 4) is 28.3 Å². The average Bonchev–Trinajstić information content (AvgIpc) is 3.30. The SMILES string of the molecule is COc1c(Nc2ccncc2)nc(N2CCC[C@H](O)C2)nc1-c1cccc(-c2ccn(C)n2)c1. The molecule has 34 heavy (non-hydrogen) atoms. The van der Waals surface area contributed by atoms with E-state index in [1.807, 2.05) is 54.5 Å². The van der Waals surface area contributed by atoms with Crippen molar-refractivity contribution in [2.75, 3.05) is 30.4 Å². The number of methoxy groups -OCH3 is 1. The summed E-state index contributed by atoms with van der Waals surface area (Å²) < 4.78 is 7.61. The Labute approximate surface area is 198 Å². The lowest BCUT2D eigenvalue weighted by Gasteiger charge is -2.31. The van der Waals surface area contributed by atoms with Crippen LogP contribution in [-0.4, -0.2) is 56.1 Å². The lowest BCUT2D eigenvalue weighted by molar-refractivity contribution is 0.153. The van der Waals surface area contributed by atoms with Crippen LogP contribution in [0.4, 0.5) is 17.5 Å². The van der Waals surface area contributed by atoms with Gasteiger partial charge in [-0.2, -0.15) is 10.1 Å². The fourth-order valence-corrected chi connectivity index (χ4v) is 4.16. The van der Waals surface area contributed by atoms with Gasteiger partial charge in [0.05, 0.1) is 18.9 Å². The summed E-state index contributed by atoms with van der Waals surface area (Å²) in [5, 5.41) is 18.1. The normalized spacial score (nSPS) is 15.9. The molecule has 0 radical (unpaired) electrons. The van der Waals surface area contributed by atoms with Crippen LogP contribution in [-0.2, 0) is 7.05 Å². The number of hydrogen-bond acceptors (Lipinski definition) is 8. The van der Waals surface area contributed by atoms with E-state index >= 15 is 0 Å². The topological polar surface area (TPSA) is 101 Å². The molecule has 0 aliphatic carbocycles. The lowest BCUT2D eigenvalue weighted by Crippen LogP contribution is -2.39. The number of ether oxygens (including phenoxy) is 1. The van der Waals surface area contributed by atoms with Crippen LogP contribution in [0.5, 0.6) is 5.75 Å². The predicted molar refractivity (Wildman–Crippen MR) is 131 cm³/mol. The highest BCUT2D eigenvalue weighted by molar-refractivity contribution is 5.79. The van der Waals surface area contributed by atoms with Gasteiger partial charge in [-0.1, -0.05) is 18.2 Å². The number of aryl methyl sites for hydroxylation is 1. The standard InChI is InChI=1S/C25H27N7O2/c1-31-14-10-21(30-31)17-5-3-6-18(15-17)22-23(34-2)24(27-19-8-11-26-12-9-19)29-25(28-22)32-13-4-7-20(33)16-32/h3,5-6,8-12,14-15,20,33H,4,7,13,16H2,1-2H3,(H,26,27,28,29)/t20-/m0/s1. The number of nitrogens with zero attached hydrogens (tertiary/aromatic N) is 6.